The highest BCUT2D eigenvalue weighted by Crippen LogP contribution is 2.39. The van der Waals surface area contributed by atoms with Gasteiger partial charge in [0.1, 0.15) is 0 Å². The standard InChI is InChI=1S/C25H35N3O4.HI/c1-17-8-10-18(11-9-17)22-19(7-6-14-32-22)15-27-25(26-2)28-16-20-12-13-21(29-3)24(31-5)23(20)30-4;/h8-13,19,22H,6-7,14-16H2,1-5H3,(H2,26,27,28);1H. The SMILES string of the molecule is CN=C(NCc1ccc(OC)c(OC)c1OC)NCC1CCCOC1c1ccc(C)cc1.I. The summed E-state index contributed by atoms with van der Waals surface area (Å²) < 4.78 is 22.6. The van der Waals surface area contributed by atoms with Gasteiger partial charge in [0.15, 0.2) is 17.5 Å². The molecular weight excluding hydrogens is 533 g/mol. The molecule has 1 saturated heterocycles. The third-order valence-corrected chi connectivity index (χ3v) is 5.84. The Labute approximate surface area is 214 Å². The first kappa shape index (κ1) is 27.0. The van der Waals surface area contributed by atoms with Gasteiger partial charge in [-0.3, -0.25) is 4.99 Å². The van der Waals surface area contributed by atoms with E-state index in [4.69, 9.17) is 18.9 Å². The van der Waals surface area contributed by atoms with E-state index >= 15 is 0 Å². The van der Waals surface area contributed by atoms with Gasteiger partial charge in [-0.15, -0.1) is 24.0 Å². The molecule has 1 aliphatic heterocycles. The highest BCUT2D eigenvalue weighted by atomic mass is 127. The number of halogens is 1. The summed E-state index contributed by atoms with van der Waals surface area (Å²) in [6, 6.07) is 12.5. The van der Waals surface area contributed by atoms with Gasteiger partial charge in [0.05, 0.1) is 27.4 Å². The van der Waals surface area contributed by atoms with Gasteiger partial charge in [-0.05, 0) is 37.5 Å². The number of nitrogens with one attached hydrogen (secondary N) is 2. The molecule has 2 aromatic carbocycles. The molecule has 2 unspecified atom stereocenters. The quantitative estimate of drug-likeness (QED) is 0.278. The summed E-state index contributed by atoms with van der Waals surface area (Å²) in [5.74, 6) is 2.97. The Bertz CT molecular complexity index is 905. The van der Waals surface area contributed by atoms with Crippen LogP contribution in [0.2, 0.25) is 0 Å². The fraction of sp³-hybridized carbons (Fsp3) is 0.480. The first-order valence-corrected chi connectivity index (χ1v) is 11.0. The van der Waals surface area contributed by atoms with Gasteiger partial charge in [0, 0.05) is 38.2 Å². The van der Waals surface area contributed by atoms with Crippen LogP contribution in [0.4, 0.5) is 0 Å². The number of hydrogen-bond acceptors (Lipinski definition) is 5. The first-order valence-electron chi connectivity index (χ1n) is 11.0. The molecule has 1 fully saturated rings. The molecule has 0 aliphatic carbocycles. The maximum atomic E-state index is 6.15. The highest BCUT2D eigenvalue weighted by Gasteiger charge is 2.27. The van der Waals surface area contributed by atoms with Crippen molar-refractivity contribution in [1.82, 2.24) is 10.6 Å². The number of aliphatic imine (C=N–C) groups is 1. The smallest absolute Gasteiger partial charge is 0.203 e. The molecule has 0 bridgehead atoms. The van der Waals surface area contributed by atoms with Crippen LogP contribution < -0.4 is 24.8 Å². The molecule has 2 N–H and O–H groups in total. The fourth-order valence-corrected chi connectivity index (χ4v) is 4.11. The van der Waals surface area contributed by atoms with Crippen molar-refractivity contribution >= 4 is 29.9 Å². The fourth-order valence-electron chi connectivity index (χ4n) is 4.11. The molecule has 0 amide bonds. The van der Waals surface area contributed by atoms with Crippen molar-refractivity contribution in [2.24, 2.45) is 10.9 Å². The Morgan fingerprint density at radius 3 is 2.36 bits per heavy atom. The predicted octanol–water partition coefficient (Wildman–Crippen LogP) is 4.47. The lowest BCUT2D eigenvalue weighted by Gasteiger charge is -2.32. The Balaban J connectivity index is 0.00000385. The zero-order chi connectivity index (χ0) is 22.9. The molecule has 0 spiro atoms. The summed E-state index contributed by atoms with van der Waals surface area (Å²) >= 11 is 0. The summed E-state index contributed by atoms with van der Waals surface area (Å²) in [5.41, 5.74) is 3.45. The minimum Gasteiger partial charge on any atom is -0.493 e. The van der Waals surface area contributed by atoms with Crippen LogP contribution in [0.5, 0.6) is 17.2 Å². The average Bonchev–Trinajstić information content (AvgIpc) is 2.84. The molecule has 3 rings (SSSR count). The average molecular weight is 569 g/mol. The molecule has 8 heteroatoms. The number of guanidine groups is 1. The van der Waals surface area contributed by atoms with Gasteiger partial charge in [0.25, 0.3) is 0 Å². The molecule has 2 aromatic rings. The van der Waals surface area contributed by atoms with Crippen LogP contribution in [-0.4, -0.2) is 47.5 Å². The number of ether oxygens (including phenoxy) is 4. The Morgan fingerprint density at radius 1 is 1.00 bits per heavy atom. The second-order valence-corrected chi connectivity index (χ2v) is 7.90. The van der Waals surface area contributed by atoms with Gasteiger partial charge in [-0.2, -0.15) is 0 Å². The summed E-state index contributed by atoms with van der Waals surface area (Å²) in [5, 5.41) is 6.84. The monoisotopic (exact) mass is 569 g/mol. The van der Waals surface area contributed by atoms with Gasteiger partial charge >= 0.3 is 0 Å². The van der Waals surface area contributed by atoms with Crippen LogP contribution in [0.15, 0.2) is 41.4 Å². The normalized spacial score (nSPS) is 18.2. The van der Waals surface area contributed by atoms with Crippen molar-refractivity contribution < 1.29 is 18.9 Å². The van der Waals surface area contributed by atoms with Crippen molar-refractivity contribution in [3.8, 4) is 17.2 Å². The first-order chi connectivity index (χ1) is 15.6. The molecule has 2 atom stereocenters. The molecule has 182 valence electrons. The maximum absolute atomic E-state index is 6.15. The van der Waals surface area contributed by atoms with Gasteiger partial charge < -0.3 is 29.6 Å². The molecule has 1 heterocycles. The van der Waals surface area contributed by atoms with E-state index in [1.807, 2.05) is 12.1 Å². The minimum atomic E-state index is 0. The largest absolute Gasteiger partial charge is 0.493 e. The Kier molecular flexibility index (Phi) is 11.1. The number of nitrogens with zero attached hydrogens (tertiary/aromatic N) is 1. The van der Waals surface area contributed by atoms with Crippen molar-refractivity contribution in [1.29, 1.82) is 0 Å². The number of rotatable bonds is 8. The molecule has 1 aliphatic rings. The lowest BCUT2D eigenvalue weighted by atomic mass is 9.89. The van der Waals surface area contributed by atoms with E-state index in [0.29, 0.717) is 29.7 Å². The van der Waals surface area contributed by atoms with Crippen molar-refractivity contribution in [2.75, 3.05) is 41.5 Å². The van der Waals surface area contributed by atoms with Crippen LogP contribution in [0.25, 0.3) is 0 Å². The molecule has 0 aromatic heterocycles. The molecular formula is C25H36IN3O4. The van der Waals surface area contributed by atoms with E-state index < -0.39 is 0 Å². The molecule has 0 radical (unpaired) electrons. The summed E-state index contributed by atoms with van der Waals surface area (Å²) in [4.78, 5) is 4.39. The lowest BCUT2D eigenvalue weighted by Crippen LogP contribution is -2.41. The van der Waals surface area contributed by atoms with Crippen LogP contribution in [0, 0.1) is 12.8 Å². The van der Waals surface area contributed by atoms with E-state index in [-0.39, 0.29) is 30.1 Å². The van der Waals surface area contributed by atoms with Gasteiger partial charge in [0.2, 0.25) is 5.75 Å². The summed E-state index contributed by atoms with van der Waals surface area (Å²) in [6.07, 6.45) is 2.29. The Morgan fingerprint density at radius 2 is 1.73 bits per heavy atom. The number of hydrogen-bond donors (Lipinski definition) is 2. The van der Waals surface area contributed by atoms with E-state index in [0.717, 1.165) is 37.5 Å². The van der Waals surface area contributed by atoms with E-state index in [1.54, 1.807) is 28.4 Å². The molecule has 7 nitrogen and oxygen atoms in total. The summed E-state index contributed by atoms with van der Waals surface area (Å²) in [7, 11) is 6.62. The second kappa shape index (κ2) is 13.5. The van der Waals surface area contributed by atoms with Crippen molar-refractivity contribution in [3.63, 3.8) is 0 Å². The molecule has 0 saturated carbocycles. The van der Waals surface area contributed by atoms with Crippen LogP contribution >= 0.6 is 24.0 Å². The second-order valence-electron chi connectivity index (χ2n) is 7.90. The van der Waals surface area contributed by atoms with Crippen molar-refractivity contribution in [2.45, 2.75) is 32.4 Å². The van der Waals surface area contributed by atoms with Gasteiger partial charge in [-0.25, -0.2) is 0 Å². The number of aryl methyl sites for hydroxylation is 1. The lowest BCUT2D eigenvalue weighted by molar-refractivity contribution is -0.0265. The topological polar surface area (TPSA) is 73.3 Å². The van der Waals surface area contributed by atoms with E-state index in [1.165, 1.54) is 11.1 Å². The van der Waals surface area contributed by atoms with Crippen LogP contribution in [-0.2, 0) is 11.3 Å². The third kappa shape index (κ3) is 6.89. The molecule has 33 heavy (non-hydrogen) atoms. The van der Waals surface area contributed by atoms with Gasteiger partial charge in [-0.1, -0.05) is 29.8 Å². The predicted molar refractivity (Wildman–Crippen MR) is 142 cm³/mol. The number of benzene rings is 2. The zero-order valence-electron chi connectivity index (χ0n) is 20.1. The van der Waals surface area contributed by atoms with Crippen LogP contribution in [0.1, 0.15) is 35.6 Å². The Hall–Kier alpha value is -2.20. The minimum absolute atomic E-state index is 0. The zero-order valence-corrected chi connectivity index (χ0v) is 22.5. The van der Waals surface area contributed by atoms with Crippen molar-refractivity contribution in [3.05, 3.63) is 53.1 Å². The van der Waals surface area contributed by atoms with E-state index in [9.17, 15) is 0 Å². The van der Waals surface area contributed by atoms with Crippen LogP contribution in [0.3, 0.4) is 0 Å². The van der Waals surface area contributed by atoms with E-state index in [2.05, 4.69) is 46.8 Å². The highest BCUT2D eigenvalue weighted by molar-refractivity contribution is 14.0. The summed E-state index contributed by atoms with van der Waals surface area (Å²) in [6.45, 7) is 4.22. The maximum Gasteiger partial charge on any atom is 0.203 e. The third-order valence-electron chi connectivity index (χ3n) is 5.84. The number of methoxy groups -OCH3 is 3.